The smallest absolute Gasteiger partial charge is 0.553 e. The quantitative estimate of drug-likeness (QED) is 0.194. The van der Waals surface area contributed by atoms with Crippen LogP contribution in [0.2, 0.25) is 0 Å². The first-order chi connectivity index (χ1) is 20.4. The Morgan fingerprint density at radius 3 is 1.09 bits per heavy atom. The Kier molecular flexibility index (Phi) is 10.1. The molecular formula is C32H31BN6O3Zn. The monoisotopic (exact) mass is 622 g/mol. The van der Waals surface area contributed by atoms with Gasteiger partial charge in [0.1, 0.15) is 0 Å². The third-order valence-electron chi connectivity index (χ3n) is 7.12. The Morgan fingerprint density at radius 1 is 0.605 bits per heavy atom. The van der Waals surface area contributed by atoms with E-state index in [0.717, 1.165) is 58.0 Å². The number of rotatable bonds is 6. The largest absolute Gasteiger partial charge is 2.00 e. The van der Waals surface area contributed by atoms with Crippen LogP contribution in [0.15, 0.2) is 109 Å². The van der Waals surface area contributed by atoms with Gasteiger partial charge in [0.15, 0.2) is 0 Å². The summed E-state index contributed by atoms with van der Waals surface area (Å²) >= 11 is 0. The summed E-state index contributed by atoms with van der Waals surface area (Å²) in [6, 6.07) is 37.3. The summed E-state index contributed by atoms with van der Waals surface area (Å²) in [5, 5.41) is 24.4. The Labute approximate surface area is 263 Å². The van der Waals surface area contributed by atoms with Gasteiger partial charge in [-0.2, -0.15) is 0 Å². The minimum absolute atomic E-state index is 0. The molecule has 3 heterocycles. The van der Waals surface area contributed by atoms with Crippen molar-refractivity contribution in [2.45, 2.75) is 20.8 Å². The van der Waals surface area contributed by atoms with Gasteiger partial charge in [0.2, 0.25) is 0 Å². The second-order valence-electron chi connectivity index (χ2n) is 9.99. The molecule has 9 nitrogen and oxygen atoms in total. The van der Waals surface area contributed by atoms with Crippen molar-refractivity contribution in [3.63, 3.8) is 0 Å². The van der Waals surface area contributed by atoms with E-state index in [9.17, 15) is 0 Å². The molecule has 6 rings (SSSR count). The molecule has 0 saturated heterocycles. The summed E-state index contributed by atoms with van der Waals surface area (Å²) in [5.74, 6) is 0. The van der Waals surface area contributed by atoms with Gasteiger partial charge < -0.3 is 28.4 Å². The average molecular weight is 624 g/mol. The van der Waals surface area contributed by atoms with E-state index in [-0.39, 0.29) is 19.5 Å². The number of aromatic nitrogens is 6. The molecule has 0 spiro atoms. The molecule has 212 valence electrons. The molecule has 3 aromatic heterocycles. The van der Waals surface area contributed by atoms with Crippen LogP contribution in [-0.2, 0) is 24.2 Å². The molecule has 43 heavy (non-hydrogen) atoms. The molecule has 0 saturated carbocycles. The SMILES string of the molecule is COC(=O)[O-].Cc1cc(-c2ccccc2)nn1[BH-](n1nc(-c2ccccc2)cc1C)n1nc(-c2ccccc2)cc1C.[Zn+2]. The summed E-state index contributed by atoms with van der Waals surface area (Å²) in [5.41, 5.74) is 9.28. The van der Waals surface area contributed by atoms with Gasteiger partial charge >= 0.3 is 26.6 Å². The van der Waals surface area contributed by atoms with Crippen LogP contribution >= 0.6 is 0 Å². The zero-order valence-corrected chi connectivity index (χ0v) is 27.7. The van der Waals surface area contributed by atoms with Crippen molar-refractivity contribution in [3.8, 4) is 33.8 Å². The number of ether oxygens (including phenoxy) is 1. The number of nitrogens with zero attached hydrogens (tertiary/aromatic N) is 6. The molecule has 0 N–H and O–H groups in total. The Balaban J connectivity index is 0.000000654. The van der Waals surface area contributed by atoms with E-state index in [1.54, 1.807) is 0 Å². The molecule has 6 aromatic rings. The van der Waals surface area contributed by atoms with E-state index in [0.29, 0.717) is 0 Å². The van der Waals surface area contributed by atoms with Crippen molar-refractivity contribution in [1.29, 1.82) is 0 Å². The number of aryl methyl sites for hydroxylation is 3. The standard InChI is InChI=1S/C30H28BN6.C2H4O3.Zn/c1-22-19-28(25-13-7-4-8-14-25)32-35(22)31(36-23(2)20-29(33-36)26-15-9-5-10-16-26)37-24(3)21-30(34-37)27-17-11-6-12-18-27;1-5-2(3)4;/h4-21,31H,1-3H3;1H3,(H,3,4);/q-1;;+2/p-1. The van der Waals surface area contributed by atoms with Crippen molar-refractivity contribution in [2.24, 2.45) is 0 Å². The van der Waals surface area contributed by atoms with Gasteiger partial charge in [-0.15, -0.1) is 0 Å². The zero-order valence-electron chi connectivity index (χ0n) is 24.7. The minimum Gasteiger partial charge on any atom is -0.553 e. The molecule has 0 unspecified atom stereocenters. The molecule has 11 heteroatoms. The fraction of sp³-hybridized carbons (Fsp3) is 0.125. The fourth-order valence-electron chi connectivity index (χ4n) is 5.02. The van der Waals surface area contributed by atoms with E-state index >= 15 is 0 Å². The van der Waals surface area contributed by atoms with Crippen LogP contribution < -0.4 is 5.11 Å². The number of carbonyl (C=O) groups is 1. The van der Waals surface area contributed by atoms with Gasteiger partial charge in [-0.1, -0.05) is 91.0 Å². The minimum atomic E-state index is -1.55. The Morgan fingerprint density at radius 2 is 0.860 bits per heavy atom. The molecule has 0 fully saturated rings. The van der Waals surface area contributed by atoms with Crippen LogP contribution in [0.4, 0.5) is 4.79 Å². The van der Waals surface area contributed by atoms with Crippen molar-refractivity contribution >= 4 is 13.3 Å². The van der Waals surface area contributed by atoms with Crippen LogP contribution in [0.3, 0.4) is 0 Å². The van der Waals surface area contributed by atoms with Crippen LogP contribution in [0.1, 0.15) is 17.1 Å². The number of hydrogen-bond donors (Lipinski definition) is 0. The second-order valence-corrected chi connectivity index (χ2v) is 9.99. The van der Waals surface area contributed by atoms with Gasteiger partial charge in [-0.3, -0.25) is 0 Å². The third-order valence-corrected chi connectivity index (χ3v) is 7.12. The van der Waals surface area contributed by atoms with Crippen LogP contribution in [-0.4, -0.2) is 49.5 Å². The summed E-state index contributed by atoms with van der Waals surface area (Å²) in [6.45, 7) is 6.31. The predicted molar refractivity (Wildman–Crippen MR) is 163 cm³/mol. The number of carboxylic acid groups (broad SMARTS) is 1. The van der Waals surface area contributed by atoms with Gasteiger partial charge in [-0.25, -0.2) is 15.3 Å². The van der Waals surface area contributed by atoms with Crippen molar-refractivity contribution < 1.29 is 34.1 Å². The first kappa shape index (κ1) is 31.2. The fourth-order valence-corrected chi connectivity index (χ4v) is 5.02. The zero-order chi connectivity index (χ0) is 29.6. The molecule has 0 aliphatic carbocycles. The van der Waals surface area contributed by atoms with E-state index in [1.165, 1.54) is 0 Å². The average Bonchev–Trinajstić information content (AvgIpc) is 3.72. The predicted octanol–water partition coefficient (Wildman–Crippen LogP) is 4.84. The van der Waals surface area contributed by atoms with E-state index in [2.05, 4.69) is 93.9 Å². The van der Waals surface area contributed by atoms with Crippen molar-refractivity contribution in [3.05, 3.63) is 126 Å². The van der Waals surface area contributed by atoms with Crippen LogP contribution in [0.5, 0.6) is 0 Å². The molecule has 0 aliphatic rings. The van der Waals surface area contributed by atoms with Gasteiger partial charge in [0.25, 0.3) is 6.16 Å². The number of methoxy groups -OCH3 is 1. The second kappa shape index (κ2) is 13.9. The summed E-state index contributed by atoms with van der Waals surface area (Å²) in [6.07, 6.45) is -1.50. The van der Waals surface area contributed by atoms with Crippen LogP contribution in [0.25, 0.3) is 33.8 Å². The van der Waals surface area contributed by atoms with Crippen molar-refractivity contribution in [2.75, 3.05) is 7.11 Å². The molecule has 0 atom stereocenters. The van der Waals surface area contributed by atoms with E-state index < -0.39 is 13.3 Å². The van der Waals surface area contributed by atoms with Gasteiger partial charge in [0.05, 0.1) is 17.1 Å². The first-order valence-electron chi connectivity index (χ1n) is 13.6. The number of hydrogen-bond acceptors (Lipinski definition) is 6. The summed E-state index contributed by atoms with van der Waals surface area (Å²) < 4.78 is 9.86. The Hall–Kier alpha value is -4.75. The maximum absolute atomic E-state index is 9.03. The first-order valence-corrected chi connectivity index (χ1v) is 13.6. The Bertz CT molecular complexity index is 1590. The summed E-state index contributed by atoms with van der Waals surface area (Å²) in [7, 11) is -0.518. The molecular weight excluding hydrogens is 593 g/mol. The van der Waals surface area contributed by atoms with Crippen LogP contribution in [0, 0.1) is 20.8 Å². The molecule has 0 radical (unpaired) electrons. The van der Waals surface area contributed by atoms with E-state index in [4.69, 9.17) is 25.2 Å². The topological polar surface area (TPSA) is 103 Å². The number of carbonyl (C=O) groups excluding carboxylic acids is 1. The molecule has 0 aliphatic heterocycles. The van der Waals surface area contributed by atoms with Crippen molar-refractivity contribution in [1.82, 2.24) is 29.1 Å². The van der Waals surface area contributed by atoms with E-state index in [1.807, 2.05) is 54.6 Å². The molecule has 3 aromatic carbocycles. The number of benzene rings is 3. The maximum atomic E-state index is 9.03. The normalized spacial score (nSPS) is 10.5. The molecule has 0 bridgehead atoms. The van der Waals surface area contributed by atoms with Gasteiger partial charge in [0, 0.05) is 23.8 Å². The maximum Gasteiger partial charge on any atom is 2.00 e. The van der Waals surface area contributed by atoms with Gasteiger partial charge in [-0.05, 0) is 56.1 Å². The third kappa shape index (κ3) is 7.01. The molecule has 0 amide bonds. The summed E-state index contributed by atoms with van der Waals surface area (Å²) in [4.78, 5) is 9.03.